The summed E-state index contributed by atoms with van der Waals surface area (Å²) in [5.74, 6) is 0. The second-order valence-corrected chi connectivity index (χ2v) is 3.79. The van der Waals surface area contributed by atoms with E-state index in [2.05, 4.69) is 6.08 Å². The van der Waals surface area contributed by atoms with Gasteiger partial charge in [0.05, 0.1) is 0 Å². The van der Waals surface area contributed by atoms with E-state index in [1.54, 1.807) is 6.92 Å². The number of hydrogen-bond acceptors (Lipinski definition) is 2. The normalized spacial score (nSPS) is 7.56. The number of rotatable bonds is 1. The molecule has 2 N–H and O–H groups in total. The molecular formula is C9H15O2W7-. The second-order valence-electron chi connectivity index (χ2n) is 3.13. The Labute approximate surface area is 208 Å². The molecule has 0 saturated carbocycles. The van der Waals surface area contributed by atoms with Crippen LogP contribution in [0.25, 0.3) is 0 Å². The van der Waals surface area contributed by atoms with Crippen molar-refractivity contribution in [2.45, 2.75) is 27.7 Å². The van der Waals surface area contributed by atoms with Crippen LogP contribution in [0.3, 0.4) is 0 Å². The number of aliphatic hydroxyl groups excluding tert-OH is 2. The molecule has 0 aromatic carbocycles. The van der Waals surface area contributed by atoms with Gasteiger partial charge < -0.3 is 16.8 Å². The van der Waals surface area contributed by atoms with Crippen molar-refractivity contribution in [1.29, 1.82) is 0 Å². The molecule has 0 amide bonds. The molecule has 9 heteroatoms. The molecule has 0 rings (SSSR count). The summed E-state index contributed by atoms with van der Waals surface area (Å²) in [5, 5.41) is 16.0. The molecule has 18 heavy (non-hydrogen) atoms. The molecule has 106 valence electrons. The van der Waals surface area contributed by atoms with Crippen LogP contribution >= 0.6 is 0 Å². The van der Waals surface area contributed by atoms with Gasteiger partial charge in [-0.15, -0.1) is 0 Å². The van der Waals surface area contributed by atoms with Gasteiger partial charge >= 0.3 is 50.1 Å². The van der Waals surface area contributed by atoms with Crippen molar-refractivity contribution >= 4 is 4.59 Å². The minimum Gasteiger partial charge on any atom is 0 e. The fourth-order valence-corrected chi connectivity index (χ4v) is 0.633. The fourth-order valence-electron chi connectivity index (χ4n) is 0.633. The third kappa shape index (κ3) is 36.9. The van der Waals surface area contributed by atoms with Crippen molar-refractivity contribution in [3.8, 4) is 0 Å². The number of aliphatic hydroxyl groups is 2. The van der Waals surface area contributed by atoms with Crippen LogP contribution in [0.5, 0.6) is 0 Å². The Kier molecular flexibility index (Phi) is 90.6. The average molecular weight is 1440 g/mol. The van der Waals surface area contributed by atoms with Crippen LogP contribution in [0.1, 0.15) is 27.7 Å². The van der Waals surface area contributed by atoms with Crippen LogP contribution in [0.2, 0.25) is 0 Å². The van der Waals surface area contributed by atoms with Gasteiger partial charge in [-0.2, -0.15) is 0 Å². The van der Waals surface area contributed by atoms with Gasteiger partial charge in [0.15, 0.2) is 0 Å². The maximum absolute atomic E-state index is 8.64. The van der Waals surface area contributed by atoms with E-state index in [4.69, 9.17) is 10.2 Å². The topological polar surface area (TPSA) is 40.5 Å². The van der Waals surface area contributed by atoms with E-state index in [-0.39, 0.29) is 132 Å². The minimum atomic E-state index is 0. The summed E-state index contributed by atoms with van der Waals surface area (Å²) in [7, 11) is 0. The average Bonchev–Trinajstić information content (AvgIpc) is 1.88. The molecular weight excluding hydrogens is 1430 g/mol. The summed E-state index contributed by atoms with van der Waals surface area (Å²) in [5.41, 5.74) is 0.867. The molecule has 0 bridgehead atoms. The van der Waals surface area contributed by atoms with Crippen LogP contribution in [0.15, 0.2) is 5.57 Å². The molecule has 0 unspecified atom stereocenters. The molecule has 0 radical (unpaired) electrons. The Bertz CT molecular complexity index is 157. The van der Waals surface area contributed by atoms with E-state index in [1.165, 1.54) is 0 Å². The van der Waals surface area contributed by atoms with Crippen LogP contribution in [-0.2, 0) is 146 Å². The van der Waals surface area contributed by atoms with Gasteiger partial charge in [-0.25, -0.2) is 6.92 Å². The maximum Gasteiger partial charge on any atom is 2.00 e. The zero-order valence-corrected chi connectivity index (χ0v) is 30.9. The summed E-state index contributed by atoms with van der Waals surface area (Å²) in [6, 6.07) is 0. The first-order valence-corrected chi connectivity index (χ1v) is 4.94. The fraction of sp³-hybridized carbons (Fsp3) is 0.556. The summed E-state index contributed by atoms with van der Waals surface area (Å²) in [6.07, 6.45) is 2.90. The van der Waals surface area contributed by atoms with Crippen molar-refractivity contribution in [1.82, 2.24) is 0 Å². The quantitative estimate of drug-likeness (QED) is 0.395. The van der Waals surface area contributed by atoms with Gasteiger partial charge in [-0.3, -0.25) is 6.61 Å². The molecule has 0 spiro atoms. The second kappa shape index (κ2) is 33.0. The Balaban J connectivity index is -0.0000000170. The molecule has 0 heterocycles. The molecule has 2 nitrogen and oxygen atoms in total. The smallest absolute Gasteiger partial charge is 0 e. The van der Waals surface area contributed by atoms with Crippen LogP contribution in [-0.4, -0.2) is 14.8 Å². The first-order valence-electron chi connectivity index (χ1n) is 3.47. The van der Waals surface area contributed by atoms with Gasteiger partial charge in [0.25, 0.3) is 0 Å². The molecule has 0 aromatic rings. The first kappa shape index (κ1) is 49.5. The van der Waals surface area contributed by atoms with Gasteiger partial charge in [-0.05, 0) is 0 Å². The minimum absolute atomic E-state index is 0. The van der Waals surface area contributed by atoms with E-state index in [1.807, 2.05) is 25.4 Å². The standard InChI is InChI=1S/C8H14O.CHO.7W/c1-5-7(6-9)8(2,3)4;1-2;;;;;;;/h6,9H,1-4H3;2H;;;;;;;/q-2;-1;;;;;;;+2. The summed E-state index contributed by atoms with van der Waals surface area (Å²) in [4.78, 5) is 0. The summed E-state index contributed by atoms with van der Waals surface area (Å²) >= 11 is 0.977. The molecule has 0 fully saturated rings. The van der Waals surface area contributed by atoms with Gasteiger partial charge in [-0.1, -0.05) is 26.2 Å². The van der Waals surface area contributed by atoms with E-state index in [0.29, 0.717) is 0 Å². The SMILES string of the molecule is C[C-]=C([CH-]O)C(C)(C)C.O[C-]=[W].[W+2].[W].[W].[W].[W].[W]. The molecule has 0 aliphatic heterocycles. The van der Waals surface area contributed by atoms with Crippen molar-refractivity contribution < 1.29 is 156 Å². The molecule has 0 aromatic heterocycles. The Hall–Kier alpha value is 4.22. The van der Waals surface area contributed by atoms with Gasteiger partial charge in [0.1, 0.15) is 0 Å². The molecule has 0 aliphatic rings. The zero-order chi connectivity index (χ0) is 10.2. The van der Waals surface area contributed by atoms with Crippen molar-refractivity contribution in [2.75, 3.05) is 0 Å². The van der Waals surface area contributed by atoms with Crippen molar-refractivity contribution in [3.63, 3.8) is 0 Å². The van der Waals surface area contributed by atoms with Crippen LogP contribution in [0, 0.1) is 18.1 Å². The van der Waals surface area contributed by atoms with Crippen molar-refractivity contribution in [2.24, 2.45) is 5.41 Å². The van der Waals surface area contributed by atoms with Crippen molar-refractivity contribution in [3.05, 3.63) is 18.3 Å². The zero-order valence-electron chi connectivity index (χ0n) is 10.3. The van der Waals surface area contributed by atoms with E-state index >= 15 is 0 Å². The van der Waals surface area contributed by atoms with Crippen LogP contribution in [0.4, 0.5) is 0 Å². The molecule has 0 aliphatic carbocycles. The number of allylic oxidation sites excluding steroid dienone is 1. The third-order valence-electron chi connectivity index (χ3n) is 1.21. The third-order valence-corrected chi connectivity index (χ3v) is 1.21. The monoisotopic (exact) mass is 1440 g/mol. The first-order chi connectivity index (χ1) is 5.43. The van der Waals surface area contributed by atoms with E-state index in [0.717, 1.165) is 31.5 Å². The summed E-state index contributed by atoms with van der Waals surface area (Å²) in [6.45, 7) is 9.01. The van der Waals surface area contributed by atoms with E-state index < -0.39 is 0 Å². The number of hydrogen-bond donors (Lipinski definition) is 2. The van der Waals surface area contributed by atoms with Gasteiger partial charge in [0.2, 0.25) is 0 Å². The summed E-state index contributed by atoms with van der Waals surface area (Å²) < 4.78 is 1.83. The molecule has 0 atom stereocenters. The maximum atomic E-state index is 8.64. The van der Waals surface area contributed by atoms with Crippen LogP contribution < -0.4 is 0 Å². The predicted molar refractivity (Wildman–Crippen MR) is 45.1 cm³/mol. The predicted octanol–water partition coefficient (Wildman–Crippen LogP) is 1.84. The Morgan fingerprint density at radius 2 is 1.28 bits per heavy atom. The Morgan fingerprint density at radius 1 is 1.06 bits per heavy atom. The van der Waals surface area contributed by atoms with Gasteiger partial charge in [0, 0.05) is 105 Å². The Morgan fingerprint density at radius 3 is 1.28 bits per heavy atom. The van der Waals surface area contributed by atoms with E-state index in [9.17, 15) is 0 Å². The largest absolute Gasteiger partial charge is 2.00 e. The molecule has 0 saturated heterocycles.